The van der Waals surface area contributed by atoms with Gasteiger partial charge in [-0.05, 0) is 13.8 Å². The molecule has 0 unspecified atom stereocenters. The van der Waals surface area contributed by atoms with Gasteiger partial charge in [0.1, 0.15) is 11.6 Å². The van der Waals surface area contributed by atoms with Gasteiger partial charge in [-0.2, -0.15) is 0 Å². The number of hydrogen-bond acceptors (Lipinski definition) is 3. The first-order valence-corrected chi connectivity index (χ1v) is 4.04. The van der Waals surface area contributed by atoms with Crippen molar-refractivity contribution in [3.63, 3.8) is 0 Å². The molecule has 0 fully saturated rings. The van der Waals surface area contributed by atoms with E-state index in [1.807, 2.05) is 0 Å². The van der Waals surface area contributed by atoms with Gasteiger partial charge in [-0.25, -0.2) is 0 Å². The first-order chi connectivity index (χ1) is 6.09. The predicted octanol–water partition coefficient (Wildman–Crippen LogP) is 0.885. The van der Waals surface area contributed by atoms with Crippen molar-refractivity contribution in [1.29, 1.82) is 0 Å². The van der Waals surface area contributed by atoms with E-state index in [2.05, 4.69) is 0 Å². The van der Waals surface area contributed by atoms with Crippen LogP contribution >= 0.6 is 0 Å². The summed E-state index contributed by atoms with van der Waals surface area (Å²) < 4.78 is 0. The van der Waals surface area contributed by atoms with Gasteiger partial charge in [-0.1, -0.05) is 24.3 Å². The molecule has 0 radical (unpaired) electrons. The maximum Gasteiger partial charge on any atom is 0.144 e. The van der Waals surface area contributed by atoms with Gasteiger partial charge >= 0.3 is 0 Å². The highest BCUT2D eigenvalue weighted by atomic mass is 16.2. The fourth-order valence-corrected chi connectivity index (χ4v) is 0.872. The number of Topliss-reactive ketones (excluding diaryl/α,β-unsaturated/α-hetero) is 2. The summed E-state index contributed by atoms with van der Waals surface area (Å²) in [6, 6.07) is 0. The van der Waals surface area contributed by atoms with E-state index in [4.69, 9.17) is 5.11 Å². The molecule has 0 aromatic rings. The van der Waals surface area contributed by atoms with Crippen molar-refractivity contribution in [1.82, 2.24) is 0 Å². The number of hydrogen-bond donors (Lipinski definition) is 1. The predicted molar refractivity (Wildman–Crippen MR) is 50.2 cm³/mol. The van der Waals surface area contributed by atoms with Gasteiger partial charge in [0.25, 0.3) is 0 Å². The van der Waals surface area contributed by atoms with Crippen LogP contribution in [0.1, 0.15) is 13.8 Å². The van der Waals surface area contributed by atoms with Gasteiger partial charge in [0.15, 0.2) is 0 Å². The number of carbonyl (C=O) groups is 2. The van der Waals surface area contributed by atoms with Crippen molar-refractivity contribution in [2.45, 2.75) is 13.8 Å². The van der Waals surface area contributed by atoms with Crippen molar-refractivity contribution in [2.75, 3.05) is 6.61 Å². The molecular weight excluding hydrogens is 168 g/mol. The third-order valence-electron chi connectivity index (χ3n) is 1.53. The Bertz CT molecular complexity index is 225. The summed E-state index contributed by atoms with van der Waals surface area (Å²) in [4.78, 5) is 21.8. The fraction of sp³-hybridized carbons (Fsp3) is 0.400. The second kappa shape index (κ2) is 6.31. The summed E-state index contributed by atoms with van der Waals surface area (Å²) in [5.74, 6) is -0.981. The summed E-state index contributed by atoms with van der Waals surface area (Å²) in [5, 5.41) is 8.40. The molecular formula is C10H14O3. The summed E-state index contributed by atoms with van der Waals surface area (Å²) in [7, 11) is 0. The molecule has 0 aliphatic carbocycles. The minimum Gasteiger partial charge on any atom is -0.392 e. The third-order valence-corrected chi connectivity index (χ3v) is 1.53. The maximum atomic E-state index is 10.9. The molecule has 0 heterocycles. The molecule has 0 amide bonds. The van der Waals surface area contributed by atoms with Crippen LogP contribution in [0.15, 0.2) is 24.3 Å². The van der Waals surface area contributed by atoms with Crippen LogP contribution in [-0.4, -0.2) is 23.3 Å². The molecule has 0 rings (SSSR count). The van der Waals surface area contributed by atoms with E-state index in [-0.39, 0.29) is 18.2 Å². The zero-order valence-electron chi connectivity index (χ0n) is 7.86. The molecule has 3 nitrogen and oxygen atoms in total. The van der Waals surface area contributed by atoms with Gasteiger partial charge in [0.2, 0.25) is 0 Å². The van der Waals surface area contributed by atoms with Crippen LogP contribution < -0.4 is 0 Å². The van der Waals surface area contributed by atoms with Crippen molar-refractivity contribution in [3.05, 3.63) is 24.3 Å². The van der Waals surface area contributed by atoms with E-state index in [0.29, 0.717) is 0 Å². The molecule has 0 aliphatic rings. The zero-order chi connectivity index (χ0) is 10.3. The highest BCUT2D eigenvalue weighted by Gasteiger charge is 2.14. The molecule has 0 spiro atoms. The summed E-state index contributed by atoms with van der Waals surface area (Å²) in [6.45, 7) is 2.72. The Labute approximate surface area is 77.8 Å². The van der Waals surface area contributed by atoms with Crippen molar-refractivity contribution in [2.24, 2.45) is 5.92 Å². The van der Waals surface area contributed by atoms with Crippen molar-refractivity contribution < 1.29 is 14.7 Å². The quantitative estimate of drug-likeness (QED) is 0.507. The lowest BCUT2D eigenvalue weighted by molar-refractivity contribution is -0.128. The highest BCUT2D eigenvalue weighted by Crippen LogP contribution is 2.02. The highest BCUT2D eigenvalue weighted by molar-refractivity contribution is 6.02. The SMILES string of the molecule is CC(=O)C(/C=C/C=C/CO)C(C)=O. The molecule has 0 aliphatic heterocycles. The third kappa shape index (κ3) is 5.09. The Hall–Kier alpha value is -1.22. The van der Waals surface area contributed by atoms with E-state index >= 15 is 0 Å². The van der Waals surface area contributed by atoms with Gasteiger partial charge in [0.05, 0.1) is 12.5 Å². The molecule has 0 saturated heterocycles. The molecule has 3 heteroatoms. The van der Waals surface area contributed by atoms with Crippen LogP contribution in [-0.2, 0) is 9.59 Å². The minimum atomic E-state index is -0.650. The molecule has 0 saturated carbocycles. The number of ketones is 2. The van der Waals surface area contributed by atoms with Crippen LogP contribution in [0.25, 0.3) is 0 Å². The first kappa shape index (κ1) is 11.8. The van der Waals surface area contributed by atoms with Gasteiger partial charge < -0.3 is 5.11 Å². The Morgan fingerprint density at radius 1 is 1.23 bits per heavy atom. The summed E-state index contributed by atoms with van der Waals surface area (Å²) >= 11 is 0. The number of aliphatic hydroxyl groups is 1. The molecule has 0 aromatic carbocycles. The van der Waals surface area contributed by atoms with E-state index in [0.717, 1.165) is 0 Å². The maximum absolute atomic E-state index is 10.9. The number of rotatable bonds is 5. The lowest BCUT2D eigenvalue weighted by Gasteiger charge is -2.01. The van der Waals surface area contributed by atoms with Crippen LogP contribution in [0, 0.1) is 5.92 Å². The van der Waals surface area contributed by atoms with E-state index in [1.54, 1.807) is 12.2 Å². The van der Waals surface area contributed by atoms with E-state index < -0.39 is 5.92 Å². The smallest absolute Gasteiger partial charge is 0.144 e. The average molecular weight is 182 g/mol. The summed E-state index contributed by atoms with van der Waals surface area (Å²) in [5.41, 5.74) is 0. The first-order valence-electron chi connectivity index (χ1n) is 4.04. The van der Waals surface area contributed by atoms with Crippen LogP contribution in [0.2, 0.25) is 0 Å². The van der Waals surface area contributed by atoms with E-state index in [9.17, 15) is 9.59 Å². The standard InChI is InChI=1S/C10H14O3/c1-8(12)10(9(2)13)6-4-3-5-7-11/h3-6,10-11H,7H2,1-2H3/b5-3+,6-4+. The zero-order valence-corrected chi connectivity index (χ0v) is 7.86. The molecule has 0 bridgehead atoms. The van der Waals surface area contributed by atoms with E-state index in [1.165, 1.54) is 26.0 Å². The Morgan fingerprint density at radius 3 is 2.15 bits per heavy atom. The van der Waals surface area contributed by atoms with Crippen LogP contribution in [0.4, 0.5) is 0 Å². The fourth-order valence-electron chi connectivity index (χ4n) is 0.872. The van der Waals surface area contributed by atoms with Crippen molar-refractivity contribution >= 4 is 11.6 Å². The lowest BCUT2D eigenvalue weighted by atomic mass is 10.0. The average Bonchev–Trinajstić information content (AvgIpc) is 2.02. The number of allylic oxidation sites excluding steroid dienone is 3. The number of carbonyl (C=O) groups excluding carboxylic acids is 2. The topological polar surface area (TPSA) is 54.4 Å². The normalized spacial score (nSPS) is 11.7. The molecule has 0 atom stereocenters. The van der Waals surface area contributed by atoms with Gasteiger partial charge in [-0.15, -0.1) is 0 Å². The molecule has 72 valence electrons. The lowest BCUT2D eigenvalue weighted by Crippen LogP contribution is -2.16. The second-order valence-electron chi connectivity index (χ2n) is 2.69. The second-order valence-corrected chi connectivity index (χ2v) is 2.69. The minimum absolute atomic E-state index is 0.0465. The Morgan fingerprint density at radius 2 is 1.77 bits per heavy atom. The summed E-state index contributed by atoms with van der Waals surface area (Å²) in [6.07, 6.45) is 6.23. The Kier molecular flexibility index (Phi) is 5.72. The van der Waals surface area contributed by atoms with Crippen LogP contribution in [0.3, 0.4) is 0 Å². The van der Waals surface area contributed by atoms with Gasteiger partial charge in [-0.3, -0.25) is 9.59 Å². The molecule has 0 aromatic heterocycles. The molecule has 1 N–H and O–H groups in total. The Balaban J connectivity index is 4.26. The van der Waals surface area contributed by atoms with Crippen LogP contribution in [0.5, 0.6) is 0 Å². The monoisotopic (exact) mass is 182 g/mol. The van der Waals surface area contributed by atoms with Crippen molar-refractivity contribution in [3.8, 4) is 0 Å². The van der Waals surface area contributed by atoms with Gasteiger partial charge in [0, 0.05) is 0 Å². The number of aliphatic hydroxyl groups excluding tert-OH is 1. The molecule has 13 heavy (non-hydrogen) atoms. The largest absolute Gasteiger partial charge is 0.392 e.